The Labute approximate surface area is 97.4 Å². The second-order valence-electron chi connectivity index (χ2n) is 4.12. The van der Waals surface area contributed by atoms with E-state index in [1.165, 1.54) is 24.5 Å². The van der Waals surface area contributed by atoms with E-state index >= 15 is 0 Å². The van der Waals surface area contributed by atoms with Gasteiger partial charge >= 0.3 is 0 Å². The number of nitrogens with one attached hydrogen (secondary N) is 1. The van der Waals surface area contributed by atoms with E-state index in [2.05, 4.69) is 24.0 Å². The number of likely N-dealkylation sites (N-methyl/N-ethyl adjacent to an activating group) is 1. The van der Waals surface area contributed by atoms with E-state index in [1.54, 1.807) is 0 Å². The summed E-state index contributed by atoms with van der Waals surface area (Å²) in [6.07, 6.45) is 5.38. The van der Waals surface area contributed by atoms with Crippen molar-refractivity contribution in [3.63, 3.8) is 0 Å². The van der Waals surface area contributed by atoms with Crippen molar-refractivity contribution < 1.29 is 0 Å². The Kier molecular flexibility index (Phi) is 6.32. The molecule has 0 bridgehead atoms. The molecular formula is C11H23N3S. The second-order valence-corrected chi connectivity index (χ2v) is 5.27. The van der Waals surface area contributed by atoms with Crippen molar-refractivity contribution >= 4 is 11.8 Å². The minimum Gasteiger partial charge on any atom is -0.300 e. The molecule has 0 radical (unpaired) electrons. The van der Waals surface area contributed by atoms with Crippen molar-refractivity contribution in [3.05, 3.63) is 12.7 Å². The van der Waals surface area contributed by atoms with Gasteiger partial charge in [0, 0.05) is 30.1 Å². The second kappa shape index (κ2) is 7.28. The molecule has 0 saturated carbocycles. The minimum atomic E-state index is 0.419. The maximum absolute atomic E-state index is 5.64. The zero-order chi connectivity index (χ0) is 11.1. The number of thioether (sulfide) groups is 1. The van der Waals surface area contributed by atoms with E-state index in [9.17, 15) is 0 Å². The van der Waals surface area contributed by atoms with Gasteiger partial charge in [0.25, 0.3) is 0 Å². The molecule has 1 rings (SSSR count). The van der Waals surface area contributed by atoms with Crippen molar-refractivity contribution in [2.45, 2.75) is 31.3 Å². The number of allylic oxidation sites excluding steroid dienone is 1. The SMILES string of the molecule is C=CCCCC(NN)C1CSCCN1C. The van der Waals surface area contributed by atoms with Crippen molar-refractivity contribution in [2.24, 2.45) is 5.84 Å². The molecule has 0 aromatic rings. The van der Waals surface area contributed by atoms with Gasteiger partial charge in [-0.3, -0.25) is 11.3 Å². The van der Waals surface area contributed by atoms with Crippen LogP contribution in [0.2, 0.25) is 0 Å². The number of nitrogens with zero attached hydrogens (tertiary/aromatic N) is 1. The van der Waals surface area contributed by atoms with Gasteiger partial charge in [0.15, 0.2) is 0 Å². The lowest BCUT2D eigenvalue weighted by Crippen LogP contribution is -2.54. The van der Waals surface area contributed by atoms with Crippen molar-refractivity contribution in [2.75, 3.05) is 25.1 Å². The zero-order valence-electron chi connectivity index (χ0n) is 9.61. The van der Waals surface area contributed by atoms with Crippen LogP contribution in [0.1, 0.15) is 19.3 Å². The molecule has 1 fully saturated rings. The third-order valence-corrected chi connectivity index (χ3v) is 4.09. The smallest absolute Gasteiger partial charge is 0.0374 e. The van der Waals surface area contributed by atoms with Crippen molar-refractivity contribution in [1.82, 2.24) is 10.3 Å². The number of unbranched alkanes of at least 4 members (excludes halogenated alkanes) is 1. The first-order chi connectivity index (χ1) is 7.29. The van der Waals surface area contributed by atoms with Gasteiger partial charge in [-0.05, 0) is 26.3 Å². The number of hydrogen-bond donors (Lipinski definition) is 2. The Bertz CT molecular complexity index is 187. The Morgan fingerprint density at radius 3 is 3.13 bits per heavy atom. The van der Waals surface area contributed by atoms with Crippen LogP contribution >= 0.6 is 11.8 Å². The number of hydrazine groups is 1. The maximum Gasteiger partial charge on any atom is 0.0374 e. The van der Waals surface area contributed by atoms with Gasteiger partial charge in [-0.1, -0.05) is 6.08 Å². The van der Waals surface area contributed by atoms with Crippen LogP contribution in [-0.2, 0) is 0 Å². The normalized spacial score (nSPS) is 25.1. The van der Waals surface area contributed by atoms with Crippen molar-refractivity contribution in [3.8, 4) is 0 Å². The Morgan fingerprint density at radius 1 is 1.73 bits per heavy atom. The summed E-state index contributed by atoms with van der Waals surface area (Å²) in [6.45, 7) is 4.92. The zero-order valence-corrected chi connectivity index (χ0v) is 10.4. The van der Waals surface area contributed by atoms with Crippen molar-refractivity contribution in [1.29, 1.82) is 0 Å². The first kappa shape index (κ1) is 13.0. The quantitative estimate of drug-likeness (QED) is 0.311. The Hall–Kier alpha value is -0.0300. The highest BCUT2D eigenvalue weighted by molar-refractivity contribution is 7.99. The van der Waals surface area contributed by atoms with Gasteiger partial charge in [0.2, 0.25) is 0 Å². The molecule has 2 atom stereocenters. The summed E-state index contributed by atoms with van der Waals surface area (Å²) in [6, 6.07) is 1.00. The summed E-state index contributed by atoms with van der Waals surface area (Å²) in [4.78, 5) is 2.43. The van der Waals surface area contributed by atoms with Gasteiger partial charge in [-0.25, -0.2) is 0 Å². The Balaban J connectivity index is 2.37. The molecule has 0 aromatic heterocycles. The van der Waals surface area contributed by atoms with Gasteiger partial charge in [-0.2, -0.15) is 11.8 Å². The van der Waals surface area contributed by atoms with Crippen LogP contribution in [-0.4, -0.2) is 42.1 Å². The summed E-state index contributed by atoms with van der Waals surface area (Å²) in [5, 5.41) is 0. The number of hydrogen-bond acceptors (Lipinski definition) is 4. The predicted molar refractivity (Wildman–Crippen MR) is 68.9 cm³/mol. The highest BCUT2D eigenvalue weighted by Gasteiger charge is 2.26. The van der Waals surface area contributed by atoms with Gasteiger partial charge in [-0.15, -0.1) is 6.58 Å². The topological polar surface area (TPSA) is 41.3 Å². The van der Waals surface area contributed by atoms with Crippen LogP contribution < -0.4 is 11.3 Å². The average Bonchev–Trinajstić information content (AvgIpc) is 2.26. The van der Waals surface area contributed by atoms with E-state index in [0.717, 1.165) is 12.8 Å². The van der Waals surface area contributed by atoms with Gasteiger partial charge in [0.05, 0.1) is 0 Å². The molecular weight excluding hydrogens is 206 g/mol. The molecule has 0 aliphatic carbocycles. The van der Waals surface area contributed by atoms with E-state index < -0.39 is 0 Å². The molecule has 2 unspecified atom stereocenters. The maximum atomic E-state index is 5.64. The summed E-state index contributed by atoms with van der Waals surface area (Å²) in [7, 11) is 2.20. The highest BCUT2D eigenvalue weighted by Crippen LogP contribution is 2.19. The fourth-order valence-electron chi connectivity index (χ4n) is 2.00. The highest BCUT2D eigenvalue weighted by atomic mass is 32.2. The van der Waals surface area contributed by atoms with Gasteiger partial charge < -0.3 is 4.90 Å². The Morgan fingerprint density at radius 2 is 2.53 bits per heavy atom. The predicted octanol–water partition coefficient (Wildman–Crippen LogP) is 1.22. The van der Waals surface area contributed by atoms with Crippen LogP contribution in [0.5, 0.6) is 0 Å². The molecule has 88 valence electrons. The summed E-state index contributed by atoms with van der Waals surface area (Å²) < 4.78 is 0. The minimum absolute atomic E-state index is 0.419. The standard InChI is InChI=1S/C11H23N3S/c1-3-4-5-6-10(13-12)11-9-15-8-7-14(11)2/h3,10-11,13H,1,4-9,12H2,2H3. The number of nitrogens with two attached hydrogens (primary N) is 1. The lowest BCUT2D eigenvalue weighted by molar-refractivity contribution is 0.207. The molecule has 0 spiro atoms. The fourth-order valence-corrected chi connectivity index (χ4v) is 3.31. The molecule has 1 aliphatic rings. The van der Waals surface area contributed by atoms with E-state index in [4.69, 9.17) is 5.84 Å². The molecule has 1 aliphatic heterocycles. The molecule has 3 N–H and O–H groups in total. The molecule has 4 heteroatoms. The third kappa shape index (κ3) is 4.15. The average molecular weight is 229 g/mol. The van der Waals surface area contributed by atoms with E-state index in [1.807, 2.05) is 17.8 Å². The van der Waals surface area contributed by atoms with Crippen LogP contribution in [0.4, 0.5) is 0 Å². The largest absolute Gasteiger partial charge is 0.300 e. The van der Waals surface area contributed by atoms with Crippen LogP contribution in [0.25, 0.3) is 0 Å². The molecule has 0 amide bonds. The van der Waals surface area contributed by atoms with Crippen LogP contribution in [0, 0.1) is 0 Å². The fraction of sp³-hybridized carbons (Fsp3) is 0.818. The molecule has 3 nitrogen and oxygen atoms in total. The lowest BCUT2D eigenvalue weighted by Gasteiger charge is -2.37. The third-order valence-electron chi connectivity index (χ3n) is 3.05. The summed E-state index contributed by atoms with van der Waals surface area (Å²) in [5.74, 6) is 8.08. The summed E-state index contributed by atoms with van der Waals surface area (Å²) in [5.41, 5.74) is 2.97. The monoisotopic (exact) mass is 229 g/mol. The van der Waals surface area contributed by atoms with Gasteiger partial charge in [0.1, 0.15) is 0 Å². The molecule has 1 heterocycles. The summed E-state index contributed by atoms with van der Waals surface area (Å²) >= 11 is 2.03. The van der Waals surface area contributed by atoms with E-state index in [-0.39, 0.29) is 0 Å². The lowest BCUT2D eigenvalue weighted by atomic mass is 10.0. The first-order valence-electron chi connectivity index (χ1n) is 5.64. The van der Waals surface area contributed by atoms with E-state index in [0.29, 0.717) is 12.1 Å². The number of rotatable bonds is 6. The first-order valence-corrected chi connectivity index (χ1v) is 6.80. The molecule has 1 saturated heterocycles. The van der Waals surface area contributed by atoms with Crippen LogP contribution in [0.15, 0.2) is 12.7 Å². The van der Waals surface area contributed by atoms with Crippen LogP contribution in [0.3, 0.4) is 0 Å². The molecule has 15 heavy (non-hydrogen) atoms. The molecule has 0 aromatic carbocycles.